The van der Waals surface area contributed by atoms with Gasteiger partial charge in [0.2, 0.25) is 0 Å². The van der Waals surface area contributed by atoms with Crippen molar-refractivity contribution in [2.24, 2.45) is 0 Å². The highest BCUT2D eigenvalue weighted by atomic mass is 16.3. The molecule has 0 aliphatic rings. The van der Waals surface area contributed by atoms with Crippen molar-refractivity contribution in [2.75, 3.05) is 5.32 Å². The van der Waals surface area contributed by atoms with Gasteiger partial charge in [0.1, 0.15) is 5.75 Å². The van der Waals surface area contributed by atoms with Crippen molar-refractivity contribution < 1.29 is 5.11 Å². The first-order chi connectivity index (χ1) is 9.72. The molecule has 3 rings (SSSR count). The average molecular weight is 264 g/mol. The average Bonchev–Trinajstić information content (AvgIpc) is 2.48. The number of aromatic nitrogens is 1. The van der Waals surface area contributed by atoms with Gasteiger partial charge in [-0.15, -0.1) is 0 Å². The Morgan fingerprint density at radius 1 is 1.05 bits per heavy atom. The molecule has 100 valence electrons. The molecule has 1 heterocycles. The number of aromatic hydroxyl groups is 1. The lowest BCUT2D eigenvalue weighted by molar-refractivity contribution is 0.471. The third-order valence-corrected chi connectivity index (χ3v) is 3.40. The third-order valence-electron chi connectivity index (χ3n) is 3.40. The highest BCUT2D eigenvalue weighted by molar-refractivity contribution is 5.82. The van der Waals surface area contributed by atoms with Gasteiger partial charge in [0, 0.05) is 30.0 Å². The summed E-state index contributed by atoms with van der Waals surface area (Å²) in [5.41, 5.74) is 3.10. The van der Waals surface area contributed by atoms with Gasteiger partial charge in [-0.3, -0.25) is 4.98 Å². The van der Waals surface area contributed by atoms with E-state index in [1.165, 1.54) is 10.9 Å². The Morgan fingerprint density at radius 3 is 2.80 bits per heavy atom. The number of benzene rings is 2. The predicted octanol–water partition coefficient (Wildman–Crippen LogP) is 3.86. The molecular weight excluding hydrogens is 248 g/mol. The van der Waals surface area contributed by atoms with Crippen LogP contribution in [0, 0.1) is 6.92 Å². The van der Waals surface area contributed by atoms with Crippen LogP contribution < -0.4 is 5.32 Å². The molecule has 3 heteroatoms. The Morgan fingerprint density at radius 2 is 1.95 bits per heavy atom. The zero-order valence-electron chi connectivity index (χ0n) is 11.3. The summed E-state index contributed by atoms with van der Waals surface area (Å²) in [6, 6.07) is 13.9. The molecule has 0 atom stereocenters. The highest BCUT2D eigenvalue weighted by Gasteiger charge is 2.00. The van der Waals surface area contributed by atoms with Crippen LogP contribution in [0.1, 0.15) is 11.1 Å². The van der Waals surface area contributed by atoms with E-state index >= 15 is 0 Å². The molecule has 2 N–H and O–H groups in total. The van der Waals surface area contributed by atoms with Crippen LogP contribution in [0.3, 0.4) is 0 Å². The summed E-state index contributed by atoms with van der Waals surface area (Å²) in [6.07, 6.45) is 3.68. The van der Waals surface area contributed by atoms with Crippen molar-refractivity contribution in [1.29, 1.82) is 0 Å². The number of hydrogen-bond donors (Lipinski definition) is 2. The second kappa shape index (κ2) is 5.21. The lowest BCUT2D eigenvalue weighted by Gasteiger charge is -2.09. The minimum Gasteiger partial charge on any atom is -0.508 e. The molecule has 3 nitrogen and oxygen atoms in total. The number of phenolic OH excluding ortho intramolecular Hbond substituents is 1. The van der Waals surface area contributed by atoms with E-state index in [2.05, 4.69) is 28.5 Å². The highest BCUT2D eigenvalue weighted by Crippen LogP contribution is 2.21. The van der Waals surface area contributed by atoms with Gasteiger partial charge in [-0.1, -0.05) is 12.1 Å². The Kier molecular flexibility index (Phi) is 3.25. The lowest BCUT2D eigenvalue weighted by Crippen LogP contribution is -1.99. The molecule has 0 bridgehead atoms. The Balaban J connectivity index is 1.77. The monoisotopic (exact) mass is 264 g/mol. The molecule has 0 aliphatic heterocycles. The van der Waals surface area contributed by atoms with Crippen LogP contribution in [0.15, 0.2) is 54.9 Å². The molecule has 0 radical (unpaired) electrons. The van der Waals surface area contributed by atoms with Gasteiger partial charge in [-0.2, -0.15) is 0 Å². The zero-order valence-corrected chi connectivity index (χ0v) is 11.3. The van der Waals surface area contributed by atoms with Gasteiger partial charge in [0.05, 0.1) is 0 Å². The van der Waals surface area contributed by atoms with E-state index in [1.54, 1.807) is 6.07 Å². The van der Waals surface area contributed by atoms with Crippen molar-refractivity contribution >= 4 is 16.5 Å². The molecule has 3 aromatic rings. The molecule has 0 spiro atoms. The van der Waals surface area contributed by atoms with Gasteiger partial charge < -0.3 is 10.4 Å². The van der Waals surface area contributed by atoms with E-state index in [0.29, 0.717) is 5.75 Å². The van der Waals surface area contributed by atoms with Gasteiger partial charge in [-0.25, -0.2) is 0 Å². The van der Waals surface area contributed by atoms with Crippen LogP contribution in [0.2, 0.25) is 0 Å². The van der Waals surface area contributed by atoms with Crippen molar-refractivity contribution in [3.05, 3.63) is 66.0 Å². The Bertz CT molecular complexity index is 753. The molecule has 20 heavy (non-hydrogen) atoms. The molecule has 0 aliphatic carbocycles. The molecule has 2 aromatic carbocycles. The Labute approximate surface area is 117 Å². The molecule has 0 fully saturated rings. The number of aryl methyl sites for hydroxylation is 1. The molecule has 0 unspecified atom stereocenters. The summed E-state index contributed by atoms with van der Waals surface area (Å²) in [5, 5.41) is 15.2. The number of pyridine rings is 1. The number of anilines is 1. The molecule has 1 aromatic heterocycles. The molecule has 0 saturated carbocycles. The maximum absolute atomic E-state index is 9.51. The number of nitrogens with one attached hydrogen (secondary N) is 1. The summed E-state index contributed by atoms with van der Waals surface area (Å²) < 4.78 is 0. The standard InChI is InChI=1S/C17H16N2O/c1-12-8-16(4-5-17(12)20)19-10-13-2-3-15-11-18-7-6-14(15)9-13/h2-9,11,19-20H,10H2,1H3. The number of fused-ring (bicyclic) bond motifs is 1. The minimum atomic E-state index is 0.328. The van der Waals surface area contributed by atoms with Crippen LogP contribution in [0.25, 0.3) is 10.8 Å². The normalized spacial score (nSPS) is 10.7. The maximum atomic E-state index is 9.51. The topological polar surface area (TPSA) is 45.2 Å². The van der Waals surface area contributed by atoms with E-state index in [-0.39, 0.29) is 0 Å². The largest absolute Gasteiger partial charge is 0.508 e. The van der Waals surface area contributed by atoms with Crippen molar-refractivity contribution in [2.45, 2.75) is 13.5 Å². The van der Waals surface area contributed by atoms with Crippen LogP contribution in [-0.2, 0) is 6.54 Å². The summed E-state index contributed by atoms with van der Waals surface area (Å²) >= 11 is 0. The number of phenols is 1. The lowest BCUT2D eigenvalue weighted by atomic mass is 10.1. The second-order valence-electron chi connectivity index (χ2n) is 4.91. The summed E-state index contributed by atoms with van der Waals surface area (Å²) in [6.45, 7) is 2.64. The predicted molar refractivity (Wildman–Crippen MR) is 81.9 cm³/mol. The molecule has 0 saturated heterocycles. The summed E-state index contributed by atoms with van der Waals surface area (Å²) in [4.78, 5) is 4.11. The fraction of sp³-hybridized carbons (Fsp3) is 0.118. The molecular formula is C17H16N2O. The van der Waals surface area contributed by atoms with E-state index in [0.717, 1.165) is 23.2 Å². The van der Waals surface area contributed by atoms with E-state index < -0.39 is 0 Å². The first-order valence-corrected chi connectivity index (χ1v) is 6.58. The van der Waals surface area contributed by atoms with Gasteiger partial charge in [0.15, 0.2) is 0 Å². The fourth-order valence-electron chi connectivity index (χ4n) is 2.21. The number of nitrogens with zero attached hydrogens (tertiary/aromatic N) is 1. The summed E-state index contributed by atoms with van der Waals surface area (Å²) in [7, 11) is 0. The van der Waals surface area contributed by atoms with Crippen molar-refractivity contribution in [1.82, 2.24) is 4.98 Å². The minimum absolute atomic E-state index is 0.328. The van der Waals surface area contributed by atoms with E-state index in [1.807, 2.05) is 37.5 Å². The van der Waals surface area contributed by atoms with Crippen LogP contribution in [-0.4, -0.2) is 10.1 Å². The van der Waals surface area contributed by atoms with Crippen LogP contribution >= 0.6 is 0 Å². The number of hydrogen-bond acceptors (Lipinski definition) is 3. The van der Waals surface area contributed by atoms with Crippen LogP contribution in [0.4, 0.5) is 5.69 Å². The van der Waals surface area contributed by atoms with Gasteiger partial charge in [0.25, 0.3) is 0 Å². The first kappa shape index (κ1) is 12.5. The summed E-state index contributed by atoms with van der Waals surface area (Å²) in [5.74, 6) is 0.328. The number of rotatable bonds is 3. The van der Waals surface area contributed by atoms with E-state index in [9.17, 15) is 5.11 Å². The third kappa shape index (κ3) is 2.57. The van der Waals surface area contributed by atoms with Gasteiger partial charge >= 0.3 is 0 Å². The second-order valence-corrected chi connectivity index (χ2v) is 4.91. The Hall–Kier alpha value is -2.55. The van der Waals surface area contributed by atoms with Crippen molar-refractivity contribution in [3.8, 4) is 5.75 Å². The van der Waals surface area contributed by atoms with E-state index in [4.69, 9.17) is 0 Å². The zero-order chi connectivity index (χ0) is 13.9. The smallest absolute Gasteiger partial charge is 0.118 e. The van der Waals surface area contributed by atoms with Crippen LogP contribution in [0.5, 0.6) is 5.75 Å². The molecule has 0 amide bonds. The fourth-order valence-corrected chi connectivity index (χ4v) is 2.21. The SMILES string of the molecule is Cc1cc(NCc2ccc3cnccc3c2)ccc1O. The van der Waals surface area contributed by atoms with Gasteiger partial charge in [-0.05, 0) is 53.8 Å². The maximum Gasteiger partial charge on any atom is 0.118 e. The first-order valence-electron chi connectivity index (χ1n) is 6.58. The quantitative estimate of drug-likeness (QED) is 0.706. The van der Waals surface area contributed by atoms with Crippen molar-refractivity contribution in [3.63, 3.8) is 0 Å².